The molecule has 128 valence electrons. The van der Waals surface area contributed by atoms with Gasteiger partial charge in [-0.25, -0.2) is 4.68 Å². The van der Waals surface area contributed by atoms with E-state index in [0.717, 1.165) is 28.9 Å². The van der Waals surface area contributed by atoms with Crippen LogP contribution >= 0.6 is 0 Å². The van der Waals surface area contributed by atoms with Crippen molar-refractivity contribution in [1.82, 2.24) is 9.78 Å². The molecular weight excluding hydrogens is 310 g/mol. The van der Waals surface area contributed by atoms with Gasteiger partial charge in [-0.1, -0.05) is 49.4 Å². The Balaban J connectivity index is 2.03. The molecule has 0 saturated heterocycles. The van der Waals surface area contributed by atoms with E-state index in [2.05, 4.69) is 42.3 Å². The lowest BCUT2D eigenvalue weighted by Gasteiger charge is -2.17. The van der Waals surface area contributed by atoms with E-state index in [1.165, 1.54) is 11.1 Å². The first-order valence-corrected chi connectivity index (χ1v) is 8.67. The minimum Gasteiger partial charge on any atom is -0.240 e. The quantitative estimate of drug-likeness (QED) is 0.549. The summed E-state index contributed by atoms with van der Waals surface area (Å²) in [6, 6.07) is 16.6. The monoisotopic (exact) mass is 333 g/mol. The molecule has 1 unspecified atom stereocenters. The highest BCUT2D eigenvalue weighted by Gasteiger charge is 2.13. The molecule has 1 atom stereocenters. The van der Waals surface area contributed by atoms with E-state index in [9.17, 15) is 4.91 Å². The molecule has 25 heavy (non-hydrogen) atoms. The maximum atomic E-state index is 10.4. The van der Waals surface area contributed by atoms with Crippen molar-refractivity contribution >= 4 is 0 Å². The molecule has 4 nitrogen and oxygen atoms in total. The fourth-order valence-corrected chi connectivity index (χ4v) is 2.98. The van der Waals surface area contributed by atoms with Crippen molar-refractivity contribution in [3.63, 3.8) is 0 Å². The predicted octanol–water partition coefficient (Wildman–Crippen LogP) is 5.63. The van der Waals surface area contributed by atoms with E-state index in [-0.39, 0.29) is 6.54 Å². The van der Waals surface area contributed by atoms with Crippen LogP contribution in [0.1, 0.15) is 43.0 Å². The molecule has 0 saturated carbocycles. The van der Waals surface area contributed by atoms with Crippen LogP contribution in [0.25, 0.3) is 16.8 Å². The third kappa shape index (κ3) is 3.68. The molecule has 0 amide bonds. The fourth-order valence-electron chi connectivity index (χ4n) is 2.98. The van der Waals surface area contributed by atoms with Crippen molar-refractivity contribution in [3.8, 4) is 16.8 Å². The third-order valence-electron chi connectivity index (χ3n) is 4.67. The molecule has 0 radical (unpaired) electrons. The summed E-state index contributed by atoms with van der Waals surface area (Å²) in [6.07, 6.45) is 3.08. The molecule has 1 heterocycles. The van der Waals surface area contributed by atoms with Crippen LogP contribution in [0.4, 0.5) is 0 Å². The Kier molecular flexibility index (Phi) is 5.08. The summed E-state index contributed by atoms with van der Waals surface area (Å²) in [5.41, 5.74) is 6.69. The number of aryl methyl sites for hydroxylation is 1. The van der Waals surface area contributed by atoms with Crippen LogP contribution in [0.5, 0.6) is 0 Å². The maximum Gasteiger partial charge on any atom is 0.106 e. The Bertz CT molecular complexity index is 865. The highest BCUT2D eigenvalue weighted by Crippen LogP contribution is 2.31. The lowest BCUT2D eigenvalue weighted by atomic mass is 9.92. The van der Waals surface area contributed by atoms with Crippen molar-refractivity contribution in [2.24, 2.45) is 5.18 Å². The molecule has 3 aromatic rings. The van der Waals surface area contributed by atoms with Crippen LogP contribution < -0.4 is 0 Å². The number of rotatable bonds is 6. The standard InChI is InChI=1S/C21H23N3O/c1-4-15(2)20-13-19(18-7-5-17(6-8-18)14-22-25)9-10-21(20)24-12-11-16(3)23-24/h5-13,15H,4,14H2,1-3H3. The molecule has 3 rings (SSSR count). The molecule has 0 N–H and O–H groups in total. The molecule has 0 bridgehead atoms. The second kappa shape index (κ2) is 7.43. The van der Waals surface area contributed by atoms with Gasteiger partial charge in [0.05, 0.1) is 11.4 Å². The average Bonchev–Trinajstić information content (AvgIpc) is 3.08. The normalized spacial score (nSPS) is 12.1. The molecule has 2 aromatic carbocycles. The van der Waals surface area contributed by atoms with Crippen molar-refractivity contribution in [2.75, 3.05) is 0 Å². The number of hydrogen-bond acceptors (Lipinski definition) is 3. The van der Waals surface area contributed by atoms with Gasteiger partial charge >= 0.3 is 0 Å². The minimum atomic E-state index is 0.218. The zero-order valence-electron chi connectivity index (χ0n) is 14.9. The summed E-state index contributed by atoms with van der Waals surface area (Å²) < 4.78 is 1.96. The van der Waals surface area contributed by atoms with Gasteiger partial charge in [0, 0.05) is 6.20 Å². The Morgan fingerprint density at radius 1 is 1.08 bits per heavy atom. The number of hydrogen-bond donors (Lipinski definition) is 0. The Hall–Kier alpha value is -2.75. The van der Waals surface area contributed by atoms with E-state index in [4.69, 9.17) is 0 Å². The highest BCUT2D eigenvalue weighted by atomic mass is 16.3. The van der Waals surface area contributed by atoms with E-state index in [0.29, 0.717) is 5.92 Å². The number of nitroso groups, excluding NO2 is 1. The van der Waals surface area contributed by atoms with Gasteiger partial charge in [0.1, 0.15) is 6.54 Å². The Labute approximate surface area is 148 Å². The van der Waals surface area contributed by atoms with Gasteiger partial charge < -0.3 is 0 Å². The van der Waals surface area contributed by atoms with Crippen LogP contribution in [0, 0.1) is 11.8 Å². The first-order chi connectivity index (χ1) is 12.1. The summed E-state index contributed by atoms with van der Waals surface area (Å²) in [6.45, 7) is 6.67. The van der Waals surface area contributed by atoms with Crippen molar-refractivity contribution in [3.05, 3.63) is 76.5 Å². The predicted molar refractivity (Wildman–Crippen MR) is 102 cm³/mol. The van der Waals surface area contributed by atoms with Crippen LogP contribution in [0.3, 0.4) is 0 Å². The molecule has 1 aromatic heterocycles. The van der Waals surface area contributed by atoms with E-state index >= 15 is 0 Å². The second-order valence-electron chi connectivity index (χ2n) is 6.47. The molecular formula is C21H23N3O. The van der Waals surface area contributed by atoms with Gasteiger partial charge in [-0.15, -0.1) is 0 Å². The highest BCUT2D eigenvalue weighted by molar-refractivity contribution is 5.67. The Morgan fingerprint density at radius 2 is 1.80 bits per heavy atom. The maximum absolute atomic E-state index is 10.4. The Morgan fingerprint density at radius 3 is 2.40 bits per heavy atom. The fraction of sp³-hybridized carbons (Fsp3) is 0.286. The van der Waals surface area contributed by atoms with Gasteiger partial charge in [-0.3, -0.25) is 0 Å². The number of aromatic nitrogens is 2. The lowest BCUT2D eigenvalue weighted by Crippen LogP contribution is -2.04. The minimum absolute atomic E-state index is 0.218. The van der Waals surface area contributed by atoms with Crippen LogP contribution in [0.15, 0.2) is 59.9 Å². The van der Waals surface area contributed by atoms with Crippen molar-refractivity contribution in [2.45, 2.75) is 39.7 Å². The van der Waals surface area contributed by atoms with Gasteiger partial charge in [-0.05, 0) is 59.7 Å². The number of benzene rings is 2. The zero-order chi connectivity index (χ0) is 17.8. The molecule has 0 aliphatic carbocycles. The zero-order valence-corrected chi connectivity index (χ0v) is 14.9. The van der Waals surface area contributed by atoms with Gasteiger partial charge in [0.2, 0.25) is 0 Å². The summed E-state index contributed by atoms with van der Waals surface area (Å²) in [7, 11) is 0. The first-order valence-electron chi connectivity index (χ1n) is 8.67. The summed E-state index contributed by atoms with van der Waals surface area (Å²) in [5.74, 6) is 0.443. The topological polar surface area (TPSA) is 47.2 Å². The van der Waals surface area contributed by atoms with Gasteiger partial charge in [0.25, 0.3) is 0 Å². The van der Waals surface area contributed by atoms with Gasteiger partial charge in [0.15, 0.2) is 0 Å². The summed E-state index contributed by atoms with van der Waals surface area (Å²) in [4.78, 5) is 10.4. The second-order valence-corrected chi connectivity index (χ2v) is 6.47. The molecule has 0 aliphatic heterocycles. The summed E-state index contributed by atoms with van der Waals surface area (Å²) in [5, 5.41) is 7.51. The van der Waals surface area contributed by atoms with E-state index < -0.39 is 0 Å². The molecule has 4 heteroatoms. The third-order valence-corrected chi connectivity index (χ3v) is 4.67. The van der Waals surface area contributed by atoms with E-state index in [1.54, 1.807) is 0 Å². The summed E-state index contributed by atoms with van der Waals surface area (Å²) >= 11 is 0. The van der Waals surface area contributed by atoms with Crippen LogP contribution in [-0.2, 0) is 6.54 Å². The van der Waals surface area contributed by atoms with Crippen molar-refractivity contribution < 1.29 is 0 Å². The SMILES string of the molecule is CCC(C)c1cc(-c2ccc(CN=O)cc2)ccc1-n1ccc(C)n1. The van der Waals surface area contributed by atoms with Crippen LogP contribution in [-0.4, -0.2) is 9.78 Å². The van der Waals surface area contributed by atoms with Crippen LogP contribution in [0.2, 0.25) is 0 Å². The molecule has 0 aliphatic rings. The van der Waals surface area contributed by atoms with E-state index in [1.807, 2.05) is 48.1 Å². The smallest absolute Gasteiger partial charge is 0.106 e. The lowest BCUT2D eigenvalue weighted by molar-refractivity contribution is 0.717. The first kappa shape index (κ1) is 17.1. The molecule has 0 fully saturated rings. The largest absolute Gasteiger partial charge is 0.240 e. The average molecular weight is 333 g/mol. The van der Waals surface area contributed by atoms with Gasteiger partial charge in [-0.2, -0.15) is 10.0 Å². The number of nitrogens with zero attached hydrogens (tertiary/aromatic N) is 3. The van der Waals surface area contributed by atoms with Crippen molar-refractivity contribution in [1.29, 1.82) is 0 Å². The molecule has 0 spiro atoms.